The molecule has 1 fully saturated rings. The minimum Gasteiger partial charge on any atom is -0.304 e. The van der Waals surface area contributed by atoms with Crippen molar-refractivity contribution in [3.63, 3.8) is 0 Å². The number of urea groups is 1. The molecule has 4 N–H and O–H groups in total. The number of carbonyl (C=O) groups is 2. The van der Waals surface area contributed by atoms with Crippen molar-refractivity contribution in [2.75, 3.05) is 20.2 Å². The number of rotatable bonds is 4. The molecule has 3 rings (SSSR count). The van der Waals surface area contributed by atoms with Crippen LogP contribution in [0.4, 0.5) is 4.79 Å². The first-order valence-corrected chi connectivity index (χ1v) is 7.07. The van der Waals surface area contributed by atoms with E-state index in [0.29, 0.717) is 16.3 Å². The van der Waals surface area contributed by atoms with Crippen LogP contribution in [0.15, 0.2) is 11.2 Å². The second kappa shape index (κ2) is 6.07. The van der Waals surface area contributed by atoms with Gasteiger partial charge < -0.3 is 4.90 Å². The van der Waals surface area contributed by atoms with Crippen molar-refractivity contribution in [3.8, 4) is 0 Å². The average Bonchev–Trinajstić information content (AvgIpc) is 3.08. The zero-order valence-corrected chi connectivity index (χ0v) is 13.0. The Morgan fingerprint density at radius 2 is 2.33 bits per heavy atom. The Morgan fingerprint density at radius 3 is 3.00 bits per heavy atom. The highest BCUT2D eigenvalue weighted by molar-refractivity contribution is 5.93. The lowest BCUT2D eigenvalue weighted by Gasteiger charge is -2.31. The summed E-state index contributed by atoms with van der Waals surface area (Å²) in [6.45, 7) is -0.181. The highest BCUT2D eigenvalue weighted by Crippen LogP contribution is 2.42. The Balaban J connectivity index is 1.89. The molecule has 0 aliphatic carbocycles. The normalized spacial score (nSPS) is 22.7. The van der Waals surface area contributed by atoms with Crippen molar-refractivity contribution < 1.29 is 24.8 Å². The van der Waals surface area contributed by atoms with E-state index in [2.05, 4.69) is 15.6 Å². The number of nitrogens with one attached hydrogen (secondary N) is 2. The van der Waals surface area contributed by atoms with Crippen LogP contribution in [0, 0.1) is 0 Å². The first-order chi connectivity index (χ1) is 11.5. The predicted molar refractivity (Wildman–Crippen MR) is 76.8 cm³/mol. The number of fused-ring (bicyclic) bond motifs is 4. The zero-order valence-electron chi connectivity index (χ0n) is 13.0. The predicted octanol–water partition coefficient (Wildman–Crippen LogP) is -1.30. The van der Waals surface area contributed by atoms with Crippen molar-refractivity contribution in [2.24, 2.45) is 12.0 Å². The summed E-state index contributed by atoms with van der Waals surface area (Å²) in [4.78, 5) is 33.8. The van der Waals surface area contributed by atoms with E-state index in [9.17, 15) is 14.8 Å². The zero-order chi connectivity index (χ0) is 17.4. The van der Waals surface area contributed by atoms with Crippen LogP contribution in [0.3, 0.4) is 0 Å². The highest BCUT2D eigenvalue weighted by atomic mass is 16.6. The lowest BCUT2D eigenvalue weighted by molar-refractivity contribution is -0.135. The Kier molecular flexibility index (Phi) is 4.09. The molecule has 2 aliphatic heterocycles. The molecule has 1 aromatic heterocycles. The summed E-state index contributed by atoms with van der Waals surface area (Å²) in [7, 11) is 3.22. The molecule has 0 spiro atoms. The second-order valence-electron chi connectivity index (χ2n) is 5.34. The third-order valence-electron chi connectivity index (χ3n) is 4.06. The second-order valence-corrected chi connectivity index (χ2v) is 5.34. The van der Waals surface area contributed by atoms with Crippen LogP contribution in [0.25, 0.3) is 0 Å². The van der Waals surface area contributed by atoms with E-state index in [0.717, 1.165) is 0 Å². The van der Waals surface area contributed by atoms with Gasteiger partial charge in [0.05, 0.1) is 18.4 Å². The van der Waals surface area contributed by atoms with Gasteiger partial charge in [-0.2, -0.15) is 10.2 Å². The molecule has 1 aromatic rings. The summed E-state index contributed by atoms with van der Waals surface area (Å²) in [5, 5.41) is 23.3. The van der Waals surface area contributed by atoms with Gasteiger partial charge in [-0.1, -0.05) is 0 Å². The van der Waals surface area contributed by atoms with Crippen LogP contribution in [-0.2, 0) is 16.7 Å². The first kappa shape index (κ1) is 16.2. The molecule has 2 atom stereocenters. The Labute approximate surface area is 136 Å². The maximum absolute atomic E-state index is 12.3. The molecule has 24 heavy (non-hydrogen) atoms. The number of aromatic nitrogens is 2. The van der Waals surface area contributed by atoms with Crippen molar-refractivity contribution in [1.82, 2.24) is 30.7 Å². The fourth-order valence-corrected chi connectivity index (χ4v) is 2.96. The van der Waals surface area contributed by atoms with Crippen molar-refractivity contribution in [3.05, 3.63) is 17.5 Å². The smallest absolute Gasteiger partial charge is 0.304 e. The van der Waals surface area contributed by atoms with E-state index in [1.807, 2.05) is 0 Å². The minimum atomic E-state index is -0.748. The summed E-state index contributed by atoms with van der Waals surface area (Å²) >= 11 is 0. The number of amides is 3. The van der Waals surface area contributed by atoms with Gasteiger partial charge in [0.2, 0.25) is 0 Å². The molecule has 130 valence electrons. The first-order valence-electron chi connectivity index (χ1n) is 7.07. The van der Waals surface area contributed by atoms with Gasteiger partial charge in [0.15, 0.2) is 6.61 Å². The summed E-state index contributed by atoms with van der Waals surface area (Å²) in [6.07, 6.45) is 1.60. The van der Waals surface area contributed by atoms with Crippen LogP contribution in [0.1, 0.15) is 23.3 Å². The van der Waals surface area contributed by atoms with Crippen molar-refractivity contribution in [1.29, 1.82) is 0 Å². The fraction of sp³-hybridized carbons (Fsp3) is 0.500. The van der Waals surface area contributed by atoms with Gasteiger partial charge in [-0.05, 0) is 0 Å². The average molecular weight is 339 g/mol. The van der Waals surface area contributed by atoms with E-state index in [1.165, 1.54) is 17.4 Å². The Bertz CT molecular complexity index is 702. The monoisotopic (exact) mass is 339 g/mol. The number of nitrogens with zero attached hydrogens (tertiary/aromatic N) is 5. The molecular weight excluding hydrogens is 322 g/mol. The van der Waals surface area contributed by atoms with Gasteiger partial charge in [-0.3, -0.25) is 35.2 Å². The van der Waals surface area contributed by atoms with Crippen LogP contribution >= 0.6 is 0 Å². The third kappa shape index (κ3) is 2.36. The summed E-state index contributed by atoms with van der Waals surface area (Å²) in [5.41, 5.74) is 5.35. The third-order valence-corrected chi connectivity index (χ3v) is 4.06. The van der Waals surface area contributed by atoms with Gasteiger partial charge in [0, 0.05) is 19.7 Å². The van der Waals surface area contributed by atoms with Crippen LogP contribution in [0.5, 0.6) is 0 Å². The fourth-order valence-electron chi connectivity index (χ4n) is 2.96. The molecular formula is C12H17N7O5. The SMILES string of the molecule is CN=C(NOCC(=O)NO)[C@@H]1c2c(cnn2C)[C@@H]2CN1C(=O)N2O. The van der Waals surface area contributed by atoms with Crippen LogP contribution < -0.4 is 11.0 Å². The largest absolute Gasteiger partial charge is 0.345 e. The maximum Gasteiger partial charge on any atom is 0.345 e. The molecule has 0 radical (unpaired) electrons. The molecule has 0 aromatic carbocycles. The Morgan fingerprint density at radius 1 is 1.58 bits per heavy atom. The number of aryl methyl sites for hydroxylation is 1. The van der Waals surface area contributed by atoms with E-state index < -0.39 is 30.6 Å². The summed E-state index contributed by atoms with van der Waals surface area (Å²) in [5.74, 6) is -0.491. The highest BCUT2D eigenvalue weighted by Gasteiger charge is 2.51. The number of aliphatic imine (C=N–C) groups is 1. The van der Waals surface area contributed by atoms with Gasteiger partial charge in [0.1, 0.15) is 17.9 Å². The van der Waals surface area contributed by atoms with Crippen molar-refractivity contribution >= 4 is 17.8 Å². The molecule has 2 aliphatic rings. The quantitative estimate of drug-likeness (QED) is 0.231. The standard InChI is InChI=1S/C12H17N7O5/c1-13-11(16-24-5-8(20)15-22)10-9-6(3-14-17(9)2)7-4-18(10)12(21)19(7)23/h3,7,10,22-23H,4-5H2,1-2H3,(H,13,16)(H,15,20)/t7-,10-/m0/s1. The molecule has 3 amide bonds. The maximum atomic E-state index is 12.3. The van der Waals surface area contributed by atoms with E-state index >= 15 is 0 Å². The molecule has 1 saturated heterocycles. The minimum absolute atomic E-state index is 0.257. The van der Waals surface area contributed by atoms with Gasteiger partial charge >= 0.3 is 6.03 Å². The number of hydrogen-bond acceptors (Lipinski definition) is 7. The molecule has 12 heteroatoms. The number of amidine groups is 1. The lowest BCUT2D eigenvalue weighted by Crippen LogP contribution is -2.45. The van der Waals surface area contributed by atoms with Gasteiger partial charge in [0.25, 0.3) is 5.91 Å². The molecule has 2 bridgehead atoms. The van der Waals surface area contributed by atoms with Crippen LogP contribution in [-0.4, -0.2) is 68.1 Å². The molecule has 0 saturated carbocycles. The van der Waals surface area contributed by atoms with E-state index in [1.54, 1.807) is 17.9 Å². The topological polar surface area (TPSA) is 145 Å². The number of carbonyl (C=O) groups excluding carboxylic acids is 2. The summed E-state index contributed by atoms with van der Waals surface area (Å²) in [6, 6.07) is -1.70. The van der Waals surface area contributed by atoms with E-state index in [-0.39, 0.29) is 12.4 Å². The van der Waals surface area contributed by atoms with Crippen molar-refractivity contribution in [2.45, 2.75) is 12.1 Å². The van der Waals surface area contributed by atoms with Gasteiger partial charge in [-0.15, -0.1) is 0 Å². The molecule has 3 heterocycles. The Hall–Kier alpha value is -2.70. The molecule has 12 nitrogen and oxygen atoms in total. The van der Waals surface area contributed by atoms with Crippen LogP contribution in [0.2, 0.25) is 0 Å². The van der Waals surface area contributed by atoms with Gasteiger partial charge in [-0.25, -0.2) is 10.3 Å². The number of hydroxylamine groups is 4. The number of hydrogen-bond donors (Lipinski definition) is 4. The lowest BCUT2D eigenvalue weighted by atomic mass is 9.97. The molecule has 0 unspecified atom stereocenters. The summed E-state index contributed by atoms with van der Waals surface area (Å²) < 4.78 is 1.60. The van der Waals surface area contributed by atoms with E-state index in [4.69, 9.17) is 10.0 Å².